The van der Waals surface area contributed by atoms with Gasteiger partial charge in [0.25, 0.3) is 0 Å². The lowest BCUT2D eigenvalue weighted by Gasteiger charge is -2.29. The number of pyridine rings is 1. The minimum Gasteiger partial charge on any atom is -0.361 e. The minimum absolute atomic E-state index is 0.0472. The van der Waals surface area contributed by atoms with E-state index >= 15 is 0 Å². The Kier molecular flexibility index (Phi) is 6.20. The molecule has 3 atom stereocenters. The van der Waals surface area contributed by atoms with E-state index in [2.05, 4.69) is 25.3 Å². The molecule has 0 radical (unpaired) electrons. The van der Waals surface area contributed by atoms with Crippen molar-refractivity contribution in [2.24, 2.45) is 0 Å². The molecule has 200 valence electrons. The van der Waals surface area contributed by atoms with Crippen LogP contribution in [0.25, 0.3) is 16.8 Å². The molecule has 0 amide bonds. The molecule has 38 heavy (non-hydrogen) atoms. The molecule has 6 rings (SSSR count). The van der Waals surface area contributed by atoms with Crippen molar-refractivity contribution < 1.29 is 22.1 Å². The van der Waals surface area contributed by atoms with Gasteiger partial charge < -0.3 is 9.84 Å². The molecule has 0 aromatic carbocycles. The van der Waals surface area contributed by atoms with Crippen molar-refractivity contribution in [3.8, 4) is 11.3 Å². The third kappa shape index (κ3) is 4.46. The Balaban J connectivity index is 1.32. The summed E-state index contributed by atoms with van der Waals surface area (Å²) in [6.45, 7) is 4.71. The number of aryl methyl sites for hydroxylation is 2. The molecule has 4 heterocycles. The SMILES string of the molecule is Cc1noc(C)c1-c1ccc2c(n1)CC=C2c1nc(N[C@H]2CCC[C@@H]2N2CC[C@@H](F)C2)ncc1C(F)(F)F. The number of hydrogen-bond acceptors (Lipinski definition) is 7. The Morgan fingerprint density at radius 1 is 1.11 bits per heavy atom. The summed E-state index contributed by atoms with van der Waals surface area (Å²) in [5.41, 5.74) is 2.77. The highest BCUT2D eigenvalue weighted by molar-refractivity contribution is 5.85. The number of fused-ring (bicyclic) bond motifs is 1. The number of rotatable bonds is 5. The highest BCUT2D eigenvalue weighted by atomic mass is 19.4. The summed E-state index contributed by atoms with van der Waals surface area (Å²) in [5, 5.41) is 7.25. The Hall–Kier alpha value is -3.34. The number of aromatic nitrogens is 4. The van der Waals surface area contributed by atoms with Crippen LogP contribution in [0.2, 0.25) is 0 Å². The first kappa shape index (κ1) is 25.0. The number of likely N-dealkylation sites (tertiary alicyclic amines) is 1. The third-order valence-electron chi connectivity index (χ3n) is 7.83. The van der Waals surface area contributed by atoms with E-state index in [1.165, 1.54) is 0 Å². The fraction of sp³-hybridized carbons (Fsp3) is 0.481. The normalized spacial score (nSPS) is 23.6. The van der Waals surface area contributed by atoms with Gasteiger partial charge in [0.15, 0.2) is 0 Å². The van der Waals surface area contributed by atoms with Gasteiger partial charge in [-0.3, -0.25) is 9.88 Å². The van der Waals surface area contributed by atoms with Crippen LogP contribution in [0.4, 0.5) is 23.5 Å². The molecule has 3 aromatic heterocycles. The Labute approximate surface area is 217 Å². The van der Waals surface area contributed by atoms with Crippen molar-refractivity contribution in [3.05, 3.63) is 58.4 Å². The highest BCUT2D eigenvalue weighted by Crippen LogP contribution is 2.40. The molecule has 7 nitrogen and oxygen atoms in total. The van der Waals surface area contributed by atoms with Gasteiger partial charge in [0.05, 0.1) is 28.3 Å². The number of hydrogen-bond donors (Lipinski definition) is 1. The number of anilines is 1. The van der Waals surface area contributed by atoms with Crippen LogP contribution >= 0.6 is 0 Å². The van der Waals surface area contributed by atoms with E-state index in [0.29, 0.717) is 59.9 Å². The zero-order valence-corrected chi connectivity index (χ0v) is 21.1. The van der Waals surface area contributed by atoms with Gasteiger partial charge in [0.2, 0.25) is 5.95 Å². The van der Waals surface area contributed by atoms with Crippen LogP contribution in [0.15, 0.2) is 28.9 Å². The summed E-state index contributed by atoms with van der Waals surface area (Å²) < 4.78 is 61.2. The molecular formula is C27H28F4N6O. The van der Waals surface area contributed by atoms with Gasteiger partial charge >= 0.3 is 6.18 Å². The van der Waals surface area contributed by atoms with Crippen molar-refractivity contribution in [2.45, 2.75) is 70.4 Å². The number of allylic oxidation sites excluding steroid dienone is 1. The Bertz CT molecular complexity index is 1380. The van der Waals surface area contributed by atoms with E-state index in [4.69, 9.17) is 9.51 Å². The number of nitrogens with one attached hydrogen (secondary N) is 1. The van der Waals surface area contributed by atoms with Crippen LogP contribution in [-0.2, 0) is 12.6 Å². The van der Waals surface area contributed by atoms with Crippen molar-refractivity contribution in [1.29, 1.82) is 0 Å². The minimum atomic E-state index is -4.62. The summed E-state index contributed by atoms with van der Waals surface area (Å²) in [6, 6.07) is 3.62. The summed E-state index contributed by atoms with van der Waals surface area (Å²) in [5.74, 6) is 0.781. The van der Waals surface area contributed by atoms with Crippen molar-refractivity contribution in [3.63, 3.8) is 0 Å². The topological polar surface area (TPSA) is 80.0 Å². The van der Waals surface area contributed by atoms with E-state index in [1.807, 2.05) is 6.92 Å². The number of halogens is 4. The monoisotopic (exact) mass is 528 g/mol. The summed E-state index contributed by atoms with van der Waals surface area (Å²) >= 11 is 0. The van der Waals surface area contributed by atoms with Crippen molar-refractivity contribution >= 4 is 11.5 Å². The van der Waals surface area contributed by atoms with Crippen LogP contribution in [0.1, 0.15) is 59.7 Å². The van der Waals surface area contributed by atoms with E-state index in [1.54, 1.807) is 25.1 Å². The van der Waals surface area contributed by atoms with Crippen molar-refractivity contribution in [1.82, 2.24) is 25.0 Å². The maximum absolute atomic E-state index is 14.1. The molecule has 1 saturated carbocycles. The lowest BCUT2D eigenvalue weighted by atomic mass is 10.0. The molecule has 0 unspecified atom stereocenters. The van der Waals surface area contributed by atoms with E-state index in [0.717, 1.165) is 31.0 Å². The first-order valence-corrected chi connectivity index (χ1v) is 12.9. The fourth-order valence-electron chi connectivity index (χ4n) is 6.04. The van der Waals surface area contributed by atoms with Gasteiger partial charge in [-0.1, -0.05) is 17.3 Å². The van der Waals surface area contributed by atoms with Gasteiger partial charge in [0.1, 0.15) is 17.5 Å². The molecule has 3 aromatic rings. The van der Waals surface area contributed by atoms with Gasteiger partial charge in [-0.05, 0) is 45.6 Å². The maximum atomic E-state index is 14.1. The largest absolute Gasteiger partial charge is 0.419 e. The fourth-order valence-corrected chi connectivity index (χ4v) is 6.04. The summed E-state index contributed by atoms with van der Waals surface area (Å²) in [4.78, 5) is 15.3. The molecule has 3 aliphatic rings. The van der Waals surface area contributed by atoms with E-state index in [-0.39, 0.29) is 23.7 Å². The van der Waals surface area contributed by atoms with Gasteiger partial charge in [-0.15, -0.1) is 0 Å². The average molecular weight is 529 g/mol. The van der Waals surface area contributed by atoms with Crippen LogP contribution in [0.5, 0.6) is 0 Å². The highest BCUT2D eigenvalue weighted by Gasteiger charge is 2.39. The first-order valence-electron chi connectivity index (χ1n) is 12.9. The number of alkyl halides is 4. The van der Waals surface area contributed by atoms with Crippen LogP contribution in [0.3, 0.4) is 0 Å². The van der Waals surface area contributed by atoms with Gasteiger partial charge in [-0.25, -0.2) is 14.4 Å². The predicted molar refractivity (Wildman–Crippen MR) is 133 cm³/mol. The lowest BCUT2D eigenvalue weighted by Crippen LogP contribution is -2.43. The van der Waals surface area contributed by atoms with E-state index in [9.17, 15) is 17.6 Å². The quantitative estimate of drug-likeness (QED) is 0.437. The lowest BCUT2D eigenvalue weighted by molar-refractivity contribution is -0.138. The molecule has 1 N–H and O–H groups in total. The summed E-state index contributed by atoms with van der Waals surface area (Å²) in [7, 11) is 0. The average Bonchev–Trinajstić information content (AvgIpc) is 3.66. The molecule has 11 heteroatoms. The zero-order chi connectivity index (χ0) is 26.6. The number of nitrogens with zero attached hydrogens (tertiary/aromatic N) is 5. The molecular weight excluding hydrogens is 500 g/mol. The van der Waals surface area contributed by atoms with Gasteiger partial charge in [-0.2, -0.15) is 13.2 Å². The first-order chi connectivity index (χ1) is 18.2. The smallest absolute Gasteiger partial charge is 0.361 e. The second-order valence-corrected chi connectivity index (χ2v) is 10.3. The molecule has 0 spiro atoms. The zero-order valence-electron chi connectivity index (χ0n) is 21.1. The van der Waals surface area contributed by atoms with E-state index < -0.39 is 17.9 Å². The Morgan fingerprint density at radius 2 is 1.95 bits per heavy atom. The second-order valence-electron chi connectivity index (χ2n) is 10.3. The van der Waals surface area contributed by atoms with Crippen LogP contribution in [-0.4, -0.2) is 56.4 Å². The van der Waals surface area contributed by atoms with Gasteiger partial charge in [0, 0.05) is 48.9 Å². The Morgan fingerprint density at radius 3 is 2.66 bits per heavy atom. The van der Waals surface area contributed by atoms with Crippen LogP contribution < -0.4 is 5.32 Å². The standard InChI is InChI=1S/C27H28F4N6O/c1-14-24(15(2)38-36-14)22-9-6-17-18(7-8-20(17)33-22)25-19(27(29,30)31)12-32-26(35-25)34-21-4-3-5-23(21)37-11-10-16(28)13-37/h6-7,9,12,16,21,23H,3-5,8,10-11,13H2,1-2H3,(H,32,34,35)/t16-,21+,23+/m1/s1. The molecule has 2 aliphatic carbocycles. The second kappa shape index (κ2) is 9.44. The molecule has 1 saturated heterocycles. The third-order valence-corrected chi connectivity index (χ3v) is 7.83. The van der Waals surface area contributed by atoms with Crippen molar-refractivity contribution in [2.75, 3.05) is 18.4 Å². The maximum Gasteiger partial charge on any atom is 0.419 e. The molecule has 1 aliphatic heterocycles. The summed E-state index contributed by atoms with van der Waals surface area (Å²) in [6.07, 6.45) is 0.746. The predicted octanol–water partition coefficient (Wildman–Crippen LogP) is 5.53. The van der Waals surface area contributed by atoms with Crippen LogP contribution in [0, 0.1) is 13.8 Å². The molecule has 0 bridgehead atoms. The molecule has 2 fully saturated rings.